The van der Waals surface area contributed by atoms with Crippen LogP contribution in [0, 0.1) is 0 Å². The first-order valence-electron chi connectivity index (χ1n) is 10.1. The summed E-state index contributed by atoms with van der Waals surface area (Å²) in [6, 6.07) is 7.07. The minimum absolute atomic E-state index is 0.0773. The number of amides is 2. The maximum Gasteiger partial charge on any atom is 0.257 e. The lowest BCUT2D eigenvalue weighted by molar-refractivity contribution is -0.126. The van der Waals surface area contributed by atoms with E-state index in [4.69, 9.17) is 4.74 Å². The van der Waals surface area contributed by atoms with Gasteiger partial charge < -0.3 is 19.4 Å². The van der Waals surface area contributed by atoms with Crippen molar-refractivity contribution in [1.82, 2.24) is 14.7 Å². The Morgan fingerprint density at radius 1 is 1.00 bits per heavy atom. The minimum atomic E-state index is -3.58. The van der Waals surface area contributed by atoms with Crippen molar-refractivity contribution in [3.63, 3.8) is 0 Å². The maximum atomic E-state index is 13.2. The molecule has 0 aliphatic carbocycles. The van der Waals surface area contributed by atoms with Crippen LogP contribution in [0.25, 0.3) is 0 Å². The monoisotopic (exact) mass is 444 g/mol. The zero-order valence-corrected chi connectivity index (χ0v) is 18.0. The second-order valence-electron chi connectivity index (χ2n) is 7.45. The molecule has 1 aromatic carbocycles. The van der Waals surface area contributed by atoms with E-state index in [1.54, 1.807) is 51.3 Å². The van der Waals surface area contributed by atoms with Crippen LogP contribution in [0.4, 0.5) is 0 Å². The van der Waals surface area contributed by atoms with Crippen LogP contribution in [-0.2, 0) is 14.8 Å². The molecule has 0 radical (unpaired) electrons. The Balaban J connectivity index is 1.49. The van der Waals surface area contributed by atoms with Crippen LogP contribution in [0.5, 0.6) is 5.75 Å². The second-order valence-corrected chi connectivity index (χ2v) is 9.21. The molecule has 0 N–H and O–H groups in total. The van der Waals surface area contributed by atoms with Gasteiger partial charge in [0.25, 0.3) is 21.8 Å². The zero-order valence-electron chi connectivity index (χ0n) is 17.2. The largest absolute Gasteiger partial charge is 0.496 e. The lowest BCUT2D eigenvalue weighted by atomic mass is 10.1. The lowest BCUT2D eigenvalue weighted by Gasteiger charge is -2.31. The van der Waals surface area contributed by atoms with E-state index < -0.39 is 10.0 Å². The Bertz CT molecular complexity index is 1090. The number of fused-ring (bicyclic) bond motifs is 1. The second kappa shape index (κ2) is 8.54. The first-order valence-corrected chi connectivity index (χ1v) is 11.7. The quantitative estimate of drug-likeness (QED) is 0.686. The van der Waals surface area contributed by atoms with Gasteiger partial charge in [-0.1, -0.05) is 12.1 Å². The van der Waals surface area contributed by atoms with Gasteiger partial charge in [-0.15, -0.1) is 4.40 Å². The summed E-state index contributed by atoms with van der Waals surface area (Å²) in [5, 5.41) is 0. The van der Waals surface area contributed by atoms with Crippen molar-refractivity contribution in [2.75, 3.05) is 45.6 Å². The molecule has 9 nitrogen and oxygen atoms in total. The molecule has 1 saturated heterocycles. The summed E-state index contributed by atoms with van der Waals surface area (Å²) >= 11 is 0. The number of ether oxygens (including phenoxy) is 1. The summed E-state index contributed by atoms with van der Waals surface area (Å²) in [6.45, 7) is 1.97. The standard InChI is InChI=1S/C21H24N4O5S/c1-30-18-8-3-2-6-16(18)20(26)24-10-5-11-25(13-12-24)21(27)17-7-4-9-23-14-15-31(28,29)22-19(17)23/h2-4,6-9H,5,10-15H2,1H3. The summed E-state index contributed by atoms with van der Waals surface area (Å²) < 4.78 is 33.1. The average molecular weight is 445 g/mol. The van der Waals surface area contributed by atoms with Crippen LogP contribution in [-0.4, -0.2) is 86.4 Å². The van der Waals surface area contributed by atoms with Crippen LogP contribution >= 0.6 is 0 Å². The van der Waals surface area contributed by atoms with Crippen LogP contribution in [0.15, 0.2) is 52.6 Å². The third-order valence-corrected chi connectivity index (χ3v) is 6.65. The summed E-state index contributed by atoms with van der Waals surface area (Å²) in [5.41, 5.74) is 0.748. The molecule has 0 bridgehead atoms. The molecule has 0 aromatic heterocycles. The highest BCUT2D eigenvalue weighted by molar-refractivity contribution is 7.90. The predicted octanol–water partition coefficient (Wildman–Crippen LogP) is 0.867. The van der Waals surface area contributed by atoms with Gasteiger partial charge in [0.05, 0.1) is 24.0 Å². The van der Waals surface area contributed by atoms with Gasteiger partial charge in [0, 0.05) is 38.9 Å². The molecule has 2 amide bonds. The van der Waals surface area contributed by atoms with E-state index in [-0.39, 0.29) is 35.5 Å². The van der Waals surface area contributed by atoms with E-state index in [0.29, 0.717) is 43.9 Å². The molecule has 3 aliphatic heterocycles. The van der Waals surface area contributed by atoms with Gasteiger partial charge in [0.1, 0.15) is 5.75 Å². The molecule has 1 aromatic rings. The van der Waals surface area contributed by atoms with Crippen molar-refractivity contribution in [2.24, 2.45) is 4.40 Å². The molecule has 3 aliphatic rings. The molecule has 1 fully saturated rings. The number of hydrogen-bond acceptors (Lipinski definition) is 6. The van der Waals surface area contributed by atoms with Gasteiger partial charge in [0.2, 0.25) is 0 Å². The van der Waals surface area contributed by atoms with Gasteiger partial charge in [-0.2, -0.15) is 0 Å². The molecular weight excluding hydrogens is 420 g/mol. The molecular formula is C21H24N4O5S. The Morgan fingerprint density at radius 2 is 1.71 bits per heavy atom. The summed E-state index contributed by atoms with van der Waals surface area (Å²) in [7, 11) is -2.05. The smallest absolute Gasteiger partial charge is 0.257 e. The number of allylic oxidation sites excluding steroid dienone is 2. The van der Waals surface area contributed by atoms with E-state index in [2.05, 4.69) is 4.40 Å². The number of hydrogen-bond donors (Lipinski definition) is 0. The molecule has 31 heavy (non-hydrogen) atoms. The number of methoxy groups -OCH3 is 1. The number of sulfonamides is 1. The molecule has 3 heterocycles. The van der Waals surface area contributed by atoms with E-state index >= 15 is 0 Å². The van der Waals surface area contributed by atoms with Crippen LogP contribution in [0.1, 0.15) is 16.8 Å². The van der Waals surface area contributed by atoms with Gasteiger partial charge in [-0.05, 0) is 30.7 Å². The van der Waals surface area contributed by atoms with Crippen LogP contribution in [0.3, 0.4) is 0 Å². The van der Waals surface area contributed by atoms with Crippen LogP contribution in [0.2, 0.25) is 0 Å². The SMILES string of the molecule is COc1ccccc1C(=O)N1CCCN(C(=O)C2=CC=CN3CCS(=O)(=O)N=C23)CC1. The minimum Gasteiger partial charge on any atom is -0.496 e. The normalized spacial score (nSPS) is 20.4. The third-order valence-electron chi connectivity index (χ3n) is 5.50. The van der Waals surface area contributed by atoms with Crippen molar-refractivity contribution in [3.05, 3.63) is 53.8 Å². The fourth-order valence-electron chi connectivity index (χ4n) is 3.87. The number of nitrogens with zero attached hydrogens (tertiary/aromatic N) is 4. The first kappa shape index (κ1) is 21.1. The van der Waals surface area contributed by atoms with Crippen molar-refractivity contribution in [3.8, 4) is 5.75 Å². The van der Waals surface area contributed by atoms with E-state index in [1.165, 1.54) is 7.11 Å². The Morgan fingerprint density at radius 3 is 2.45 bits per heavy atom. The number of amidine groups is 1. The Labute approximate surface area is 181 Å². The highest BCUT2D eigenvalue weighted by Crippen LogP contribution is 2.22. The van der Waals surface area contributed by atoms with Gasteiger partial charge in [-0.3, -0.25) is 9.59 Å². The van der Waals surface area contributed by atoms with Crippen molar-refractivity contribution in [2.45, 2.75) is 6.42 Å². The van der Waals surface area contributed by atoms with Gasteiger partial charge >= 0.3 is 0 Å². The molecule has 10 heteroatoms. The molecule has 164 valence electrons. The Kier molecular flexibility index (Phi) is 5.81. The fourth-order valence-corrected chi connectivity index (χ4v) is 4.85. The van der Waals surface area contributed by atoms with E-state index in [1.807, 2.05) is 6.07 Å². The first-order chi connectivity index (χ1) is 14.9. The van der Waals surface area contributed by atoms with Crippen molar-refractivity contribution < 1.29 is 22.7 Å². The number of carbonyl (C=O) groups is 2. The topological polar surface area (TPSA) is 99.6 Å². The molecule has 0 saturated carbocycles. The lowest BCUT2D eigenvalue weighted by Crippen LogP contribution is -2.44. The molecule has 4 rings (SSSR count). The Hall–Kier alpha value is -3.14. The fraction of sp³-hybridized carbons (Fsp3) is 0.381. The number of rotatable bonds is 3. The zero-order chi connectivity index (χ0) is 22.0. The highest BCUT2D eigenvalue weighted by Gasteiger charge is 2.33. The van der Waals surface area contributed by atoms with Crippen molar-refractivity contribution in [1.29, 1.82) is 0 Å². The number of para-hydroxylation sites is 1. The summed E-state index contributed by atoms with van der Waals surface area (Å²) in [4.78, 5) is 31.3. The van der Waals surface area contributed by atoms with E-state index in [9.17, 15) is 18.0 Å². The van der Waals surface area contributed by atoms with Gasteiger partial charge in [-0.25, -0.2) is 8.42 Å². The van der Waals surface area contributed by atoms with Crippen LogP contribution < -0.4 is 4.74 Å². The molecule has 0 spiro atoms. The third kappa shape index (κ3) is 4.34. The van der Waals surface area contributed by atoms with Gasteiger partial charge in [0.15, 0.2) is 5.84 Å². The maximum absolute atomic E-state index is 13.2. The van der Waals surface area contributed by atoms with Crippen molar-refractivity contribution >= 4 is 27.7 Å². The highest BCUT2D eigenvalue weighted by atomic mass is 32.2. The summed E-state index contributed by atoms with van der Waals surface area (Å²) in [5.74, 6) is 0.189. The number of benzene rings is 1. The molecule has 0 atom stereocenters. The average Bonchev–Trinajstić information content (AvgIpc) is 3.03. The summed E-state index contributed by atoms with van der Waals surface area (Å²) in [6.07, 6.45) is 5.66. The van der Waals surface area contributed by atoms with E-state index in [0.717, 1.165) is 0 Å². The molecule has 0 unspecified atom stereocenters. The predicted molar refractivity (Wildman–Crippen MR) is 115 cm³/mol. The number of carbonyl (C=O) groups excluding carboxylic acids is 2.